The van der Waals surface area contributed by atoms with Gasteiger partial charge in [0.2, 0.25) is 5.91 Å². The van der Waals surface area contributed by atoms with Crippen LogP contribution < -0.4 is 11.3 Å². The summed E-state index contributed by atoms with van der Waals surface area (Å²) in [6.45, 7) is 3.78. The minimum absolute atomic E-state index is 0.0120. The van der Waals surface area contributed by atoms with Gasteiger partial charge in [0.25, 0.3) is 5.56 Å². The van der Waals surface area contributed by atoms with E-state index in [0.29, 0.717) is 11.6 Å². The number of pyridine rings is 1. The predicted molar refractivity (Wildman–Crippen MR) is 65.5 cm³/mol. The van der Waals surface area contributed by atoms with Gasteiger partial charge < -0.3 is 15.2 Å². The van der Waals surface area contributed by atoms with Crippen LogP contribution in [0.4, 0.5) is 5.69 Å². The molecule has 0 radical (unpaired) electrons. The smallest absolute Gasteiger partial charge is 0.251 e. The van der Waals surface area contributed by atoms with Crippen molar-refractivity contribution in [2.45, 2.75) is 19.9 Å². The van der Waals surface area contributed by atoms with Gasteiger partial charge in [0.1, 0.15) is 6.54 Å². The highest BCUT2D eigenvalue weighted by atomic mass is 16.2. The van der Waals surface area contributed by atoms with Gasteiger partial charge in [0.15, 0.2) is 0 Å². The Morgan fingerprint density at radius 2 is 2.29 bits per heavy atom. The zero-order valence-corrected chi connectivity index (χ0v) is 9.93. The number of nitrogens with two attached hydrogens (primary N) is 1. The summed E-state index contributed by atoms with van der Waals surface area (Å²) in [4.78, 5) is 25.3. The summed E-state index contributed by atoms with van der Waals surface area (Å²) < 4.78 is 1.36. The SMILES string of the molecule is CC1CCN(C(=O)Cn2cc(N)ccc2=O)C1. The number of carbonyl (C=O) groups excluding carboxylic acids is 1. The molecule has 1 aliphatic heterocycles. The highest BCUT2D eigenvalue weighted by Gasteiger charge is 2.23. The van der Waals surface area contributed by atoms with E-state index < -0.39 is 0 Å². The Hall–Kier alpha value is -1.78. The monoisotopic (exact) mass is 235 g/mol. The van der Waals surface area contributed by atoms with Crippen molar-refractivity contribution in [2.75, 3.05) is 18.8 Å². The van der Waals surface area contributed by atoms with Crippen molar-refractivity contribution in [3.05, 3.63) is 28.7 Å². The molecule has 0 saturated carbocycles. The Labute approximate surface area is 99.8 Å². The number of nitrogens with zero attached hydrogens (tertiary/aromatic N) is 2. The van der Waals surface area contributed by atoms with Crippen molar-refractivity contribution in [1.29, 1.82) is 0 Å². The lowest BCUT2D eigenvalue weighted by molar-refractivity contribution is -0.130. The third kappa shape index (κ3) is 2.67. The molecule has 2 N–H and O–H groups in total. The van der Waals surface area contributed by atoms with Crippen LogP contribution in [-0.2, 0) is 11.3 Å². The first-order valence-electron chi connectivity index (χ1n) is 5.80. The van der Waals surface area contributed by atoms with E-state index in [0.717, 1.165) is 19.5 Å². The summed E-state index contributed by atoms with van der Waals surface area (Å²) in [5, 5.41) is 0. The van der Waals surface area contributed by atoms with E-state index in [2.05, 4.69) is 6.92 Å². The van der Waals surface area contributed by atoms with Gasteiger partial charge in [-0.2, -0.15) is 0 Å². The summed E-state index contributed by atoms with van der Waals surface area (Å²) in [5.74, 6) is 0.540. The molecule has 0 aromatic carbocycles. The number of nitrogen functional groups attached to an aromatic ring is 1. The van der Waals surface area contributed by atoms with E-state index in [1.54, 1.807) is 11.0 Å². The van der Waals surface area contributed by atoms with Crippen LogP contribution in [-0.4, -0.2) is 28.5 Å². The molecule has 1 unspecified atom stereocenters. The summed E-state index contributed by atoms with van der Waals surface area (Å²) in [6.07, 6.45) is 2.55. The Morgan fingerprint density at radius 3 is 2.94 bits per heavy atom. The van der Waals surface area contributed by atoms with E-state index in [9.17, 15) is 9.59 Å². The third-order valence-electron chi connectivity index (χ3n) is 3.09. The maximum Gasteiger partial charge on any atom is 0.251 e. The largest absolute Gasteiger partial charge is 0.398 e. The molecule has 1 atom stereocenters. The maximum atomic E-state index is 11.9. The van der Waals surface area contributed by atoms with E-state index in [-0.39, 0.29) is 18.0 Å². The molecule has 5 heteroatoms. The average Bonchev–Trinajstić information content (AvgIpc) is 2.70. The van der Waals surface area contributed by atoms with Crippen molar-refractivity contribution >= 4 is 11.6 Å². The van der Waals surface area contributed by atoms with Crippen molar-refractivity contribution in [1.82, 2.24) is 9.47 Å². The molecule has 0 bridgehead atoms. The first-order valence-corrected chi connectivity index (χ1v) is 5.80. The van der Waals surface area contributed by atoms with Crippen LogP contribution in [0.25, 0.3) is 0 Å². The van der Waals surface area contributed by atoms with Crippen LogP contribution in [0, 0.1) is 5.92 Å². The van der Waals surface area contributed by atoms with Crippen LogP contribution in [0.1, 0.15) is 13.3 Å². The second-order valence-electron chi connectivity index (χ2n) is 4.66. The van der Waals surface area contributed by atoms with E-state index in [1.807, 2.05) is 0 Å². The van der Waals surface area contributed by atoms with E-state index >= 15 is 0 Å². The standard InChI is InChI=1S/C12H17N3O2/c1-9-4-5-14(6-9)12(17)8-15-7-10(13)2-3-11(15)16/h2-3,7,9H,4-6,8,13H2,1H3. The lowest BCUT2D eigenvalue weighted by atomic mass is 10.2. The van der Waals surface area contributed by atoms with Crippen LogP contribution in [0.2, 0.25) is 0 Å². The average molecular weight is 235 g/mol. The lowest BCUT2D eigenvalue weighted by Crippen LogP contribution is -2.34. The summed E-state index contributed by atoms with van der Waals surface area (Å²) in [5.41, 5.74) is 5.89. The zero-order chi connectivity index (χ0) is 12.4. The molecule has 5 nitrogen and oxygen atoms in total. The number of likely N-dealkylation sites (tertiary alicyclic amines) is 1. The van der Waals surface area contributed by atoms with Gasteiger partial charge in [-0.1, -0.05) is 6.92 Å². The Balaban J connectivity index is 2.08. The highest BCUT2D eigenvalue weighted by Crippen LogP contribution is 2.15. The topological polar surface area (TPSA) is 68.3 Å². The van der Waals surface area contributed by atoms with Gasteiger partial charge in [-0.15, -0.1) is 0 Å². The highest BCUT2D eigenvalue weighted by molar-refractivity contribution is 5.76. The van der Waals surface area contributed by atoms with Crippen molar-refractivity contribution in [3.8, 4) is 0 Å². The fraction of sp³-hybridized carbons (Fsp3) is 0.500. The fourth-order valence-corrected chi connectivity index (χ4v) is 2.08. The summed E-state index contributed by atoms with van der Waals surface area (Å²) in [6, 6.07) is 2.93. The quantitative estimate of drug-likeness (QED) is 0.801. The van der Waals surface area contributed by atoms with Crippen molar-refractivity contribution < 1.29 is 4.79 Å². The molecule has 1 saturated heterocycles. The Bertz CT molecular complexity index is 481. The minimum atomic E-state index is -0.195. The van der Waals surface area contributed by atoms with Crippen LogP contribution >= 0.6 is 0 Å². The maximum absolute atomic E-state index is 11.9. The molecule has 2 rings (SSSR count). The second kappa shape index (κ2) is 4.61. The molecule has 1 aromatic heterocycles. The van der Waals surface area contributed by atoms with Crippen molar-refractivity contribution in [2.24, 2.45) is 5.92 Å². The lowest BCUT2D eigenvalue weighted by Gasteiger charge is -2.16. The van der Waals surface area contributed by atoms with Gasteiger partial charge in [0.05, 0.1) is 0 Å². The molecule has 92 valence electrons. The molecule has 17 heavy (non-hydrogen) atoms. The molecular formula is C12H17N3O2. The molecule has 0 aliphatic carbocycles. The molecule has 0 spiro atoms. The molecule has 1 aromatic rings. The molecular weight excluding hydrogens is 218 g/mol. The van der Waals surface area contributed by atoms with Gasteiger partial charge >= 0.3 is 0 Å². The molecule has 1 amide bonds. The molecule has 1 aliphatic rings. The minimum Gasteiger partial charge on any atom is -0.398 e. The fourth-order valence-electron chi connectivity index (χ4n) is 2.08. The van der Waals surface area contributed by atoms with Gasteiger partial charge in [-0.3, -0.25) is 9.59 Å². The number of amides is 1. The number of rotatable bonds is 2. The van der Waals surface area contributed by atoms with E-state index in [4.69, 9.17) is 5.73 Å². The summed E-state index contributed by atoms with van der Waals surface area (Å²) >= 11 is 0. The Morgan fingerprint density at radius 1 is 1.53 bits per heavy atom. The predicted octanol–water partition coefficient (Wildman–Crippen LogP) is 0.299. The first-order chi connectivity index (χ1) is 8.06. The summed E-state index contributed by atoms with van der Waals surface area (Å²) in [7, 11) is 0. The normalized spacial score (nSPS) is 19.6. The van der Waals surface area contributed by atoms with Gasteiger partial charge in [-0.05, 0) is 18.4 Å². The van der Waals surface area contributed by atoms with Crippen LogP contribution in [0.5, 0.6) is 0 Å². The number of anilines is 1. The number of hydrogen-bond acceptors (Lipinski definition) is 3. The van der Waals surface area contributed by atoms with Gasteiger partial charge in [0, 0.05) is 31.0 Å². The van der Waals surface area contributed by atoms with Gasteiger partial charge in [-0.25, -0.2) is 0 Å². The zero-order valence-electron chi connectivity index (χ0n) is 9.93. The number of hydrogen-bond donors (Lipinski definition) is 1. The number of carbonyl (C=O) groups is 1. The van der Waals surface area contributed by atoms with Crippen LogP contribution in [0.3, 0.4) is 0 Å². The Kier molecular flexibility index (Phi) is 3.17. The molecule has 1 fully saturated rings. The third-order valence-corrected chi connectivity index (χ3v) is 3.09. The number of aromatic nitrogens is 1. The second-order valence-corrected chi connectivity index (χ2v) is 4.66. The first kappa shape index (κ1) is 11.7. The van der Waals surface area contributed by atoms with E-state index in [1.165, 1.54) is 16.8 Å². The van der Waals surface area contributed by atoms with Crippen LogP contribution in [0.15, 0.2) is 23.1 Å². The molecule has 2 heterocycles. The van der Waals surface area contributed by atoms with Crippen molar-refractivity contribution in [3.63, 3.8) is 0 Å².